The number of hydrogen-bond acceptors (Lipinski definition) is 6. The van der Waals surface area contributed by atoms with Crippen LogP contribution in [0.5, 0.6) is 0 Å². The minimum atomic E-state index is -1.94. The van der Waals surface area contributed by atoms with Crippen molar-refractivity contribution in [3.05, 3.63) is 74.1 Å². The zero-order valence-corrected chi connectivity index (χ0v) is 13.9. The molecule has 0 saturated carbocycles. The third kappa shape index (κ3) is 1.88. The first-order chi connectivity index (χ1) is 13.4. The number of hydrogen-bond donors (Lipinski definition) is 3. The number of anilines is 2. The Balaban J connectivity index is 1.92. The fraction of sp³-hybridized carbons (Fsp3) is 0.0556. The summed E-state index contributed by atoms with van der Waals surface area (Å²) < 4.78 is 5.36. The van der Waals surface area contributed by atoms with E-state index in [-0.39, 0.29) is 33.8 Å². The maximum absolute atomic E-state index is 13.0. The normalized spacial score (nSPS) is 19.6. The molecule has 1 aromatic heterocycles. The van der Waals surface area contributed by atoms with Gasteiger partial charge in [0.1, 0.15) is 11.1 Å². The van der Waals surface area contributed by atoms with Crippen molar-refractivity contribution < 1.29 is 18.9 Å². The van der Waals surface area contributed by atoms with Gasteiger partial charge >= 0.3 is 11.7 Å². The standard InChI is InChI=1S/C18H10N4O6/c23-15-13-14(9-3-1-2-4-12(9)28-15)20-17(25)21-18(13)10-7-8(22(26)27)5-6-11(10)19-16(18)24/h1-7H,(H,19,24)(H2,20,21,25). The van der Waals surface area contributed by atoms with Crippen LogP contribution in [-0.2, 0) is 10.3 Å². The van der Waals surface area contributed by atoms with Gasteiger partial charge in [-0.1, -0.05) is 12.1 Å². The summed E-state index contributed by atoms with van der Waals surface area (Å²) in [5, 5.41) is 19.3. The topological polar surface area (TPSA) is 144 Å². The predicted molar refractivity (Wildman–Crippen MR) is 97.1 cm³/mol. The molecule has 28 heavy (non-hydrogen) atoms. The lowest BCUT2D eigenvalue weighted by atomic mass is 9.81. The van der Waals surface area contributed by atoms with Crippen molar-refractivity contribution in [1.29, 1.82) is 0 Å². The number of nitrogens with zero attached hydrogens (tertiary/aromatic N) is 1. The Morgan fingerprint density at radius 3 is 2.61 bits per heavy atom. The summed E-state index contributed by atoms with van der Waals surface area (Å²) in [5.41, 5.74) is -2.47. The second-order valence-electron chi connectivity index (χ2n) is 6.41. The smallest absolute Gasteiger partial charge is 0.344 e. The minimum absolute atomic E-state index is 0.102. The first-order valence-corrected chi connectivity index (χ1v) is 8.17. The van der Waals surface area contributed by atoms with E-state index < -0.39 is 28.0 Å². The maximum atomic E-state index is 13.0. The highest BCUT2D eigenvalue weighted by atomic mass is 16.6. The molecule has 0 fully saturated rings. The third-order valence-corrected chi connectivity index (χ3v) is 4.93. The summed E-state index contributed by atoms with van der Waals surface area (Å²) in [7, 11) is 0. The molecule has 2 aromatic carbocycles. The number of nitrogens with one attached hydrogen (secondary N) is 3. The summed E-state index contributed by atoms with van der Waals surface area (Å²) in [6, 6.07) is 9.58. The average Bonchev–Trinajstić information content (AvgIpc) is 2.92. The van der Waals surface area contributed by atoms with Gasteiger partial charge in [-0.25, -0.2) is 9.59 Å². The number of benzene rings is 2. The number of nitro groups is 1. The number of non-ortho nitro benzene ring substituents is 1. The lowest BCUT2D eigenvalue weighted by Gasteiger charge is -2.34. The Hall–Kier alpha value is -4.21. The summed E-state index contributed by atoms with van der Waals surface area (Å²) in [6.07, 6.45) is 0. The lowest BCUT2D eigenvalue weighted by Crippen LogP contribution is -2.58. The number of nitro benzene ring substituents is 1. The molecular weight excluding hydrogens is 368 g/mol. The van der Waals surface area contributed by atoms with Crippen molar-refractivity contribution in [2.24, 2.45) is 0 Å². The SMILES string of the molecule is O=C1Nc2c(c(=O)oc3ccccc23)C2(N1)C(=O)Nc1ccc([N+](=O)[O-])cc12. The molecule has 0 aliphatic carbocycles. The van der Waals surface area contributed by atoms with Crippen molar-refractivity contribution in [3.8, 4) is 0 Å². The summed E-state index contributed by atoms with van der Waals surface area (Å²) >= 11 is 0. The van der Waals surface area contributed by atoms with E-state index in [9.17, 15) is 24.5 Å². The molecule has 1 atom stereocenters. The van der Waals surface area contributed by atoms with Gasteiger partial charge in [-0.2, -0.15) is 0 Å². The van der Waals surface area contributed by atoms with Gasteiger partial charge in [0.25, 0.3) is 11.6 Å². The van der Waals surface area contributed by atoms with E-state index in [0.717, 1.165) is 6.07 Å². The van der Waals surface area contributed by atoms with Gasteiger partial charge in [0.15, 0.2) is 5.54 Å². The molecule has 1 spiro atoms. The van der Waals surface area contributed by atoms with Gasteiger partial charge in [0.05, 0.1) is 10.6 Å². The van der Waals surface area contributed by atoms with Gasteiger partial charge in [0, 0.05) is 28.8 Å². The molecule has 2 aliphatic heterocycles. The fourth-order valence-corrected chi connectivity index (χ4v) is 3.77. The second kappa shape index (κ2) is 5.16. The molecule has 2 aliphatic rings. The zero-order valence-electron chi connectivity index (χ0n) is 13.9. The Labute approximate surface area is 155 Å². The second-order valence-corrected chi connectivity index (χ2v) is 6.41. The number of rotatable bonds is 1. The summed E-state index contributed by atoms with van der Waals surface area (Å²) in [5.74, 6) is -0.707. The average molecular weight is 378 g/mol. The lowest BCUT2D eigenvalue weighted by molar-refractivity contribution is -0.384. The molecule has 0 bridgehead atoms. The van der Waals surface area contributed by atoms with Crippen molar-refractivity contribution in [3.63, 3.8) is 0 Å². The van der Waals surface area contributed by atoms with E-state index in [4.69, 9.17) is 4.42 Å². The van der Waals surface area contributed by atoms with Crippen molar-refractivity contribution in [2.45, 2.75) is 5.54 Å². The molecule has 3 N–H and O–H groups in total. The number of carbonyl (C=O) groups excluding carboxylic acids is 2. The van der Waals surface area contributed by atoms with E-state index in [2.05, 4.69) is 16.0 Å². The highest BCUT2D eigenvalue weighted by Gasteiger charge is 2.56. The van der Waals surface area contributed by atoms with Crippen molar-refractivity contribution in [2.75, 3.05) is 10.6 Å². The molecule has 3 amide bonds. The molecular formula is C18H10N4O6. The van der Waals surface area contributed by atoms with Crippen LogP contribution in [0.2, 0.25) is 0 Å². The molecule has 3 heterocycles. The first-order valence-electron chi connectivity index (χ1n) is 8.17. The molecule has 0 radical (unpaired) electrons. The maximum Gasteiger partial charge on any atom is 0.344 e. The minimum Gasteiger partial charge on any atom is -0.422 e. The van der Waals surface area contributed by atoms with Crippen LogP contribution in [0, 0.1) is 10.1 Å². The first kappa shape index (κ1) is 16.0. The molecule has 1 unspecified atom stereocenters. The number of carbonyl (C=O) groups is 2. The van der Waals surface area contributed by atoms with E-state index in [0.29, 0.717) is 5.39 Å². The third-order valence-electron chi connectivity index (χ3n) is 4.93. The van der Waals surface area contributed by atoms with Crippen LogP contribution >= 0.6 is 0 Å². The van der Waals surface area contributed by atoms with Gasteiger partial charge < -0.3 is 20.4 Å². The zero-order chi connectivity index (χ0) is 19.6. The summed E-state index contributed by atoms with van der Waals surface area (Å²) in [4.78, 5) is 48.9. The monoisotopic (exact) mass is 378 g/mol. The fourth-order valence-electron chi connectivity index (χ4n) is 3.77. The van der Waals surface area contributed by atoms with Gasteiger partial charge in [0.2, 0.25) is 0 Å². The highest BCUT2D eigenvalue weighted by molar-refractivity contribution is 6.16. The van der Waals surface area contributed by atoms with Crippen molar-refractivity contribution >= 4 is 40.0 Å². The molecule has 5 rings (SSSR count). The number of amides is 3. The Kier molecular flexibility index (Phi) is 2.95. The Morgan fingerprint density at radius 1 is 1.04 bits per heavy atom. The van der Waals surface area contributed by atoms with Crippen LogP contribution < -0.4 is 21.6 Å². The van der Waals surface area contributed by atoms with Gasteiger partial charge in [-0.05, 0) is 18.2 Å². The highest BCUT2D eigenvalue weighted by Crippen LogP contribution is 2.46. The molecule has 10 nitrogen and oxygen atoms in total. The largest absolute Gasteiger partial charge is 0.422 e. The Morgan fingerprint density at radius 2 is 1.82 bits per heavy atom. The number of para-hydroxylation sites is 1. The van der Waals surface area contributed by atoms with E-state index in [1.54, 1.807) is 24.3 Å². The van der Waals surface area contributed by atoms with Crippen LogP contribution in [0.25, 0.3) is 11.0 Å². The van der Waals surface area contributed by atoms with E-state index in [1.165, 1.54) is 12.1 Å². The van der Waals surface area contributed by atoms with E-state index >= 15 is 0 Å². The molecule has 3 aromatic rings. The van der Waals surface area contributed by atoms with Gasteiger partial charge in [-0.15, -0.1) is 0 Å². The number of fused-ring (bicyclic) bond motifs is 6. The Bertz CT molecular complexity index is 1300. The van der Waals surface area contributed by atoms with E-state index in [1.807, 2.05) is 0 Å². The van der Waals surface area contributed by atoms with Crippen LogP contribution in [0.15, 0.2) is 51.7 Å². The van der Waals surface area contributed by atoms with Gasteiger partial charge in [-0.3, -0.25) is 14.9 Å². The molecule has 0 saturated heterocycles. The predicted octanol–water partition coefficient (Wildman–Crippen LogP) is 2.03. The number of urea groups is 1. The molecule has 138 valence electrons. The van der Waals surface area contributed by atoms with Crippen LogP contribution in [0.4, 0.5) is 21.9 Å². The van der Waals surface area contributed by atoms with Crippen LogP contribution in [0.3, 0.4) is 0 Å². The molecule has 10 heteroatoms. The van der Waals surface area contributed by atoms with Crippen LogP contribution in [-0.4, -0.2) is 16.9 Å². The summed E-state index contributed by atoms with van der Waals surface area (Å²) in [6.45, 7) is 0. The van der Waals surface area contributed by atoms with Crippen molar-refractivity contribution in [1.82, 2.24) is 5.32 Å². The quantitative estimate of drug-likeness (QED) is 0.336. The van der Waals surface area contributed by atoms with Crippen LogP contribution in [0.1, 0.15) is 11.1 Å².